The van der Waals surface area contributed by atoms with Crippen LogP contribution in [-0.4, -0.2) is 54.6 Å². The van der Waals surface area contributed by atoms with Crippen LogP contribution in [0.15, 0.2) is 0 Å². The summed E-state index contributed by atoms with van der Waals surface area (Å²) < 4.78 is 25.5. The highest BCUT2D eigenvalue weighted by Gasteiger charge is 2.52. The molecule has 9 heteroatoms. The molecular weight excluding hydrogens is 324 g/mol. The van der Waals surface area contributed by atoms with Gasteiger partial charge in [0, 0.05) is 27.7 Å². The molecule has 9 nitrogen and oxygen atoms in total. The fraction of sp³-hybridized carbons (Fsp3) is 0.600. The fourth-order valence-electron chi connectivity index (χ4n) is 2.17. The standard InChI is InChI=1S/C15H18O9/c1-6-11-12(20-7(2)16)13(21-8(3)17)14(22-9(4)18)15(24-11)23-10(5)19/h1,11-15H,2-5H3/t11?,12-,13-,14+,15-/m1/s1. The average Bonchev–Trinajstić information content (AvgIpc) is 2.42. The van der Waals surface area contributed by atoms with Crippen molar-refractivity contribution in [2.45, 2.75) is 58.4 Å². The minimum Gasteiger partial charge on any atom is -0.455 e. The Morgan fingerprint density at radius 2 is 1.17 bits per heavy atom. The molecular formula is C15H18O9. The largest absolute Gasteiger partial charge is 0.455 e. The number of terminal acetylenes is 1. The molecule has 1 unspecified atom stereocenters. The molecule has 1 heterocycles. The van der Waals surface area contributed by atoms with Gasteiger partial charge in [0.05, 0.1) is 0 Å². The Morgan fingerprint density at radius 3 is 1.58 bits per heavy atom. The summed E-state index contributed by atoms with van der Waals surface area (Å²) in [6.07, 6.45) is -1.18. The quantitative estimate of drug-likeness (QED) is 0.386. The number of hydrogen-bond acceptors (Lipinski definition) is 9. The molecule has 5 atom stereocenters. The van der Waals surface area contributed by atoms with E-state index in [9.17, 15) is 19.2 Å². The lowest BCUT2D eigenvalue weighted by atomic mass is 9.98. The van der Waals surface area contributed by atoms with E-state index >= 15 is 0 Å². The monoisotopic (exact) mass is 342 g/mol. The van der Waals surface area contributed by atoms with Gasteiger partial charge in [0.25, 0.3) is 0 Å². The van der Waals surface area contributed by atoms with Crippen molar-refractivity contribution in [3.05, 3.63) is 0 Å². The molecule has 1 aliphatic rings. The molecule has 1 fully saturated rings. The maximum Gasteiger partial charge on any atom is 0.305 e. The Hall–Kier alpha value is -2.60. The molecule has 0 bridgehead atoms. The number of rotatable bonds is 4. The summed E-state index contributed by atoms with van der Waals surface area (Å²) in [6.45, 7) is 4.44. The van der Waals surface area contributed by atoms with Crippen molar-refractivity contribution in [2.75, 3.05) is 0 Å². The van der Waals surface area contributed by atoms with Crippen molar-refractivity contribution in [2.24, 2.45) is 0 Å². The van der Waals surface area contributed by atoms with E-state index in [0.29, 0.717) is 0 Å². The van der Waals surface area contributed by atoms with Crippen LogP contribution in [-0.2, 0) is 42.9 Å². The molecule has 0 aliphatic carbocycles. The summed E-state index contributed by atoms with van der Waals surface area (Å²) in [7, 11) is 0. The number of esters is 4. The Kier molecular flexibility index (Phi) is 6.73. The van der Waals surface area contributed by atoms with Crippen molar-refractivity contribution in [3.63, 3.8) is 0 Å². The van der Waals surface area contributed by atoms with Crippen LogP contribution in [0, 0.1) is 12.3 Å². The van der Waals surface area contributed by atoms with E-state index in [1.165, 1.54) is 0 Å². The second-order valence-electron chi connectivity index (χ2n) is 4.92. The van der Waals surface area contributed by atoms with Gasteiger partial charge in [-0.2, -0.15) is 0 Å². The van der Waals surface area contributed by atoms with E-state index in [1.54, 1.807) is 0 Å². The Bertz CT molecular complexity index is 562. The smallest absolute Gasteiger partial charge is 0.305 e. The van der Waals surface area contributed by atoms with Gasteiger partial charge in [-0.3, -0.25) is 19.2 Å². The zero-order valence-electron chi connectivity index (χ0n) is 13.6. The first-order chi connectivity index (χ1) is 11.1. The highest BCUT2D eigenvalue weighted by molar-refractivity contribution is 5.69. The molecule has 1 saturated heterocycles. The summed E-state index contributed by atoms with van der Waals surface area (Å²) in [5, 5.41) is 0. The molecule has 0 radical (unpaired) electrons. The van der Waals surface area contributed by atoms with Crippen molar-refractivity contribution in [1.29, 1.82) is 0 Å². The normalized spacial score (nSPS) is 28.9. The predicted molar refractivity (Wildman–Crippen MR) is 75.9 cm³/mol. The molecule has 0 amide bonds. The molecule has 0 aromatic heterocycles. The maximum absolute atomic E-state index is 11.4. The van der Waals surface area contributed by atoms with Gasteiger partial charge in [-0.1, -0.05) is 5.92 Å². The predicted octanol–water partition coefficient (Wildman–Crippen LogP) is -0.297. The van der Waals surface area contributed by atoms with Crippen molar-refractivity contribution >= 4 is 23.9 Å². The van der Waals surface area contributed by atoms with Crippen LogP contribution in [0.5, 0.6) is 0 Å². The minimum atomic E-state index is -1.43. The molecule has 0 N–H and O–H groups in total. The summed E-state index contributed by atoms with van der Waals surface area (Å²) in [5.41, 5.74) is 0. The molecule has 0 saturated carbocycles. The summed E-state index contributed by atoms with van der Waals surface area (Å²) >= 11 is 0. The zero-order chi connectivity index (χ0) is 18.4. The number of hydrogen-bond donors (Lipinski definition) is 0. The number of carbonyl (C=O) groups is 4. The molecule has 0 aromatic rings. The van der Waals surface area contributed by atoms with Crippen molar-refractivity contribution in [1.82, 2.24) is 0 Å². The van der Waals surface area contributed by atoms with Crippen LogP contribution in [0.4, 0.5) is 0 Å². The Labute approximate surface area is 138 Å². The van der Waals surface area contributed by atoms with E-state index in [-0.39, 0.29) is 0 Å². The van der Waals surface area contributed by atoms with Crippen molar-refractivity contribution < 1.29 is 42.9 Å². The van der Waals surface area contributed by atoms with E-state index in [4.69, 9.17) is 30.1 Å². The van der Waals surface area contributed by atoms with Gasteiger partial charge in [0.15, 0.2) is 18.3 Å². The van der Waals surface area contributed by atoms with Gasteiger partial charge in [-0.15, -0.1) is 6.42 Å². The fourth-order valence-corrected chi connectivity index (χ4v) is 2.17. The average molecular weight is 342 g/mol. The highest BCUT2D eigenvalue weighted by Crippen LogP contribution is 2.29. The Balaban J connectivity index is 3.26. The van der Waals surface area contributed by atoms with Gasteiger partial charge >= 0.3 is 23.9 Å². The van der Waals surface area contributed by atoms with Gasteiger partial charge in [0.1, 0.15) is 0 Å². The van der Waals surface area contributed by atoms with Gasteiger partial charge in [-0.05, 0) is 0 Å². The third kappa shape index (κ3) is 5.24. The molecule has 0 spiro atoms. The molecule has 0 aromatic carbocycles. The van der Waals surface area contributed by atoms with Gasteiger partial charge < -0.3 is 23.7 Å². The zero-order valence-corrected chi connectivity index (χ0v) is 13.6. The van der Waals surface area contributed by atoms with Crippen LogP contribution in [0.1, 0.15) is 27.7 Å². The Morgan fingerprint density at radius 1 is 0.750 bits per heavy atom. The topological polar surface area (TPSA) is 114 Å². The number of ether oxygens (including phenoxy) is 5. The molecule has 1 rings (SSSR count). The van der Waals surface area contributed by atoms with E-state index in [1.807, 2.05) is 0 Å². The number of carbonyl (C=O) groups excluding carboxylic acids is 4. The van der Waals surface area contributed by atoms with Gasteiger partial charge in [0.2, 0.25) is 12.4 Å². The van der Waals surface area contributed by atoms with Gasteiger partial charge in [-0.25, -0.2) is 0 Å². The summed E-state index contributed by atoms with van der Waals surface area (Å²) in [5.74, 6) is -0.726. The van der Waals surface area contributed by atoms with Crippen LogP contribution in [0.25, 0.3) is 0 Å². The SMILES string of the molecule is C#CC1O[C@@H](OC(C)=O)[C@@H](OC(C)=O)[C@H](OC(C)=O)[C@@H]1OC(C)=O. The second kappa shape index (κ2) is 8.31. The van der Waals surface area contributed by atoms with Crippen LogP contribution < -0.4 is 0 Å². The molecule has 132 valence electrons. The third-order valence-electron chi connectivity index (χ3n) is 2.85. The summed E-state index contributed by atoms with van der Waals surface area (Å²) in [4.78, 5) is 45.3. The minimum absolute atomic E-state index is 0.714. The van der Waals surface area contributed by atoms with Crippen molar-refractivity contribution in [3.8, 4) is 12.3 Å². The second-order valence-corrected chi connectivity index (χ2v) is 4.92. The van der Waals surface area contributed by atoms with Crippen LogP contribution in [0.2, 0.25) is 0 Å². The first-order valence-corrected chi connectivity index (χ1v) is 6.96. The van der Waals surface area contributed by atoms with E-state index in [2.05, 4.69) is 5.92 Å². The lowest BCUT2D eigenvalue weighted by Crippen LogP contribution is -2.61. The van der Waals surface area contributed by atoms with E-state index in [0.717, 1.165) is 27.7 Å². The summed E-state index contributed by atoms with van der Waals surface area (Å²) in [6, 6.07) is 0. The van der Waals surface area contributed by atoms with E-state index < -0.39 is 54.6 Å². The lowest BCUT2D eigenvalue weighted by molar-refractivity contribution is -0.286. The van der Waals surface area contributed by atoms with Crippen LogP contribution in [0.3, 0.4) is 0 Å². The molecule has 1 aliphatic heterocycles. The maximum atomic E-state index is 11.4. The first-order valence-electron chi connectivity index (χ1n) is 6.96. The lowest BCUT2D eigenvalue weighted by Gasteiger charge is -2.42. The first kappa shape index (κ1) is 19.4. The highest BCUT2D eigenvalue weighted by atomic mass is 16.7. The van der Waals surface area contributed by atoms with Crippen LogP contribution >= 0.6 is 0 Å². The molecule has 24 heavy (non-hydrogen) atoms. The third-order valence-corrected chi connectivity index (χ3v) is 2.85.